The zero-order valence-electron chi connectivity index (χ0n) is 11.2. The summed E-state index contributed by atoms with van der Waals surface area (Å²) in [6.45, 7) is -1.74. The van der Waals surface area contributed by atoms with Crippen LogP contribution in [0.1, 0.15) is 0 Å². The number of carbonyl (C=O) groups excluding carboxylic acids is 1. The molecule has 0 spiro atoms. The molecule has 10 heteroatoms. The zero-order chi connectivity index (χ0) is 15.9. The standard InChI is InChI=1S/C11H17F2N3O5/c1-15-8(14)5(12)2-16(10(15)20)9-6(13)7(19)11(3-17,4-18)21-9/h2,6-9,17-19H,3-4,14H2,1H3/t6-,7-,8?,9+/m0/s1. The Hall–Kier alpha value is -1.33. The highest BCUT2D eigenvalue weighted by Crippen LogP contribution is 2.36. The second kappa shape index (κ2) is 5.46. The summed E-state index contributed by atoms with van der Waals surface area (Å²) in [6.07, 6.45) is -6.31. The number of nitrogens with zero attached hydrogens (tertiary/aromatic N) is 2. The van der Waals surface area contributed by atoms with Gasteiger partial charge in [-0.1, -0.05) is 0 Å². The van der Waals surface area contributed by atoms with E-state index in [1.807, 2.05) is 0 Å². The Morgan fingerprint density at radius 3 is 2.52 bits per heavy atom. The van der Waals surface area contributed by atoms with Gasteiger partial charge >= 0.3 is 6.03 Å². The van der Waals surface area contributed by atoms with E-state index in [1.165, 1.54) is 7.05 Å². The Morgan fingerprint density at radius 1 is 1.48 bits per heavy atom. The Kier molecular flexibility index (Phi) is 4.17. The van der Waals surface area contributed by atoms with Crippen molar-refractivity contribution in [2.45, 2.75) is 30.3 Å². The van der Waals surface area contributed by atoms with Crippen LogP contribution in [-0.2, 0) is 4.74 Å². The van der Waals surface area contributed by atoms with Gasteiger partial charge in [-0.3, -0.25) is 4.90 Å². The minimum Gasteiger partial charge on any atom is -0.393 e. The largest absolute Gasteiger partial charge is 0.393 e. The minimum atomic E-state index is -2.14. The van der Waals surface area contributed by atoms with Crippen LogP contribution in [0.4, 0.5) is 13.6 Å². The summed E-state index contributed by atoms with van der Waals surface area (Å²) in [5, 5.41) is 28.2. The number of aliphatic hydroxyl groups excluding tert-OH is 3. The van der Waals surface area contributed by atoms with Gasteiger partial charge in [-0.05, 0) is 0 Å². The van der Waals surface area contributed by atoms with E-state index < -0.39 is 55.3 Å². The lowest BCUT2D eigenvalue weighted by Gasteiger charge is -2.37. The summed E-state index contributed by atoms with van der Waals surface area (Å²) in [5.41, 5.74) is 3.45. The van der Waals surface area contributed by atoms with Crippen molar-refractivity contribution in [3.05, 3.63) is 12.0 Å². The Labute approximate surface area is 119 Å². The molecule has 2 heterocycles. The number of ether oxygens (including phenoxy) is 1. The monoisotopic (exact) mass is 309 g/mol. The van der Waals surface area contributed by atoms with E-state index in [-0.39, 0.29) is 0 Å². The van der Waals surface area contributed by atoms with Crippen molar-refractivity contribution in [2.75, 3.05) is 20.3 Å². The molecule has 2 aliphatic rings. The van der Waals surface area contributed by atoms with Gasteiger partial charge in [0, 0.05) is 13.2 Å². The first-order chi connectivity index (χ1) is 9.79. The molecule has 2 aliphatic heterocycles. The predicted molar refractivity (Wildman–Crippen MR) is 64.8 cm³/mol. The van der Waals surface area contributed by atoms with Crippen molar-refractivity contribution < 1.29 is 33.6 Å². The highest BCUT2D eigenvalue weighted by atomic mass is 19.1. The third-order valence-corrected chi connectivity index (χ3v) is 3.76. The van der Waals surface area contributed by atoms with E-state index in [4.69, 9.17) is 10.5 Å². The Balaban J connectivity index is 2.32. The van der Waals surface area contributed by atoms with E-state index in [1.54, 1.807) is 0 Å². The molecule has 0 aliphatic carbocycles. The number of hydrogen-bond donors (Lipinski definition) is 4. The maximum Gasteiger partial charge on any atom is 0.327 e. The fourth-order valence-corrected chi connectivity index (χ4v) is 2.28. The van der Waals surface area contributed by atoms with E-state index in [0.29, 0.717) is 11.1 Å². The van der Waals surface area contributed by atoms with Gasteiger partial charge in [-0.15, -0.1) is 0 Å². The highest BCUT2D eigenvalue weighted by molar-refractivity contribution is 5.77. The third kappa shape index (κ3) is 2.28. The van der Waals surface area contributed by atoms with E-state index in [0.717, 1.165) is 4.90 Å². The smallest absolute Gasteiger partial charge is 0.327 e. The summed E-state index contributed by atoms with van der Waals surface area (Å²) in [7, 11) is 1.22. The summed E-state index contributed by atoms with van der Waals surface area (Å²) in [6, 6.07) is -0.838. The molecule has 2 amide bonds. The highest BCUT2D eigenvalue weighted by Gasteiger charge is 2.58. The molecule has 8 nitrogen and oxygen atoms in total. The van der Waals surface area contributed by atoms with Gasteiger partial charge in [0.1, 0.15) is 17.9 Å². The van der Waals surface area contributed by atoms with Crippen LogP contribution in [0.5, 0.6) is 0 Å². The van der Waals surface area contributed by atoms with Crippen molar-refractivity contribution >= 4 is 6.03 Å². The molecule has 1 unspecified atom stereocenters. The average molecular weight is 309 g/mol. The van der Waals surface area contributed by atoms with Gasteiger partial charge < -0.3 is 30.7 Å². The fraction of sp³-hybridized carbons (Fsp3) is 0.727. The number of alkyl halides is 1. The molecule has 0 bridgehead atoms. The van der Waals surface area contributed by atoms with Crippen molar-refractivity contribution in [3.63, 3.8) is 0 Å². The Bertz CT molecular complexity index is 459. The van der Waals surface area contributed by atoms with Crippen LogP contribution >= 0.6 is 0 Å². The lowest BCUT2D eigenvalue weighted by Crippen LogP contribution is -2.56. The van der Waals surface area contributed by atoms with Crippen LogP contribution in [0.15, 0.2) is 12.0 Å². The number of likely N-dealkylation sites (N-methyl/N-ethyl adjacent to an activating group) is 1. The van der Waals surface area contributed by atoms with Crippen LogP contribution < -0.4 is 5.73 Å². The Morgan fingerprint density at radius 2 is 2.05 bits per heavy atom. The fourth-order valence-electron chi connectivity index (χ4n) is 2.28. The van der Waals surface area contributed by atoms with Gasteiger partial charge in [0.2, 0.25) is 0 Å². The first-order valence-corrected chi connectivity index (χ1v) is 6.18. The lowest BCUT2D eigenvalue weighted by atomic mass is 9.98. The molecule has 5 N–H and O–H groups in total. The summed E-state index contributed by atoms with van der Waals surface area (Å²) in [5.74, 6) is -0.895. The van der Waals surface area contributed by atoms with Gasteiger partial charge in [0.15, 0.2) is 18.2 Å². The molecule has 120 valence electrons. The first-order valence-electron chi connectivity index (χ1n) is 6.18. The summed E-state index contributed by atoms with van der Waals surface area (Å²) >= 11 is 0. The molecule has 1 saturated heterocycles. The van der Waals surface area contributed by atoms with Crippen LogP contribution in [0, 0.1) is 0 Å². The molecule has 4 atom stereocenters. The topological polar surface area (TPSA) is 119 Å². The van der Waals surface area contributed by atoms with Crippen LogP contribution in [0.3, 0.4) is 0 Å². The number of nitrogens with two attached hydrogens (primary N) is 1. The maximum absolute atomic E-state index is 14.2. The van der Waals surface area contributed by atoms with Crippen LogP contribution in [0.25, 0.3) is 0 Å². The molecule has 0 aromatic rings. The zero-order valence-corrected chi connectivity index (χ0v) is 11.2. The normalized spacial score (nSPS) is 36.1. The second-order valence-corrected chi connectivity index (χ2v) is 5.04. The predicted octanol–water partition coefficient (Wildman–Crippen LogP) is -1.77. The number of rotatable bonds is 3. The number of amides is 2. The summed E-state index contributed by atoms with van der Waals surface area (Å²) < 4.78 is 32.9. The maximum atomic E-state index is 14.2. The van der Waals surface area contributed by atoms with E-state index in [9.17, 15) is 28.9 Å². The molecule has 1 fully saturated rings. The van der Waals surface area contributed by atoms with E-state index >= 15 is 0 Å². The molecule has 0 saturated carbocycles. The van der Waals surface area contributed by atoms with Gasteiger partial charge in [-0.25, -0.2) is 13.6 Å². The number of halogens is 2. The van der Waals surface area contributed by atoms with Crippen molar-refractivity contribution in [1.29, 1.82) is 0 Å². The molecule has 21 heavy (non-hydrogen) atoms. The van der Waals surface area contributed by atoms with Crippen molar-refractivity contribution in [1.82, 2.24) is 9.80 Å². The molecule has 0 aromatic carbocycles. The quantitative estimate of drug-likeness (QED) is 0.490. The molecular weight excluding hydrogens is 292 g/mol. The lowest BCUT2D eigenvalue weighted by molar-refractivity contribution is -0.154. The second-order valence-electron chi connectivity index (χ2n) is 5.04. The first kappa shape index (κ1) is 16.0. The average Bonchev–Trinajstić information content (AvgIpc) is 2.74. The molecule has 2 rings (SSSR count). The third-order valence-electron chi connectivity index (χ3n) is 3.76. The van der Waals surface area contributed by atoms with Gasteiger partial charge in [-0.2, -0.15) is 0 Å². The molecular formula is C11H17F2N3O5. The summed E-state index contributed by atoms with van der Waals surface area (Å²) in [4.78, 5) is 13.4. The van der Waals surface area contributed by atoms with Crippen LogP contribution in [0.2, 0.25) is 0 Å². The SMILES string of the molecule is CN1C(=O)N([C@@H]2OC(CO)(CO)[C@@H](O)[C@@H]2F)C=C(F)C1N. The van der Waals surface area contributed by atoms with Gasteiger partial charge in [0.05, 0.1) is 13.2 Å². The van der Waals surface area contributed by atoms with Crippen molar-refractivity contribution in [3.8, 4) is 0 Å². The van der Waals surface area contributed by atoms with E-state index in [2.05, 4.69) is 0 Å². The number of carbonyl (C=O) groups is 1. The number of urea groups is 1. The minimum absolute atomic E-state index is 0.597. The molecule has 0 radical (unpaired) electrons. The number of hydrogen-bond acceptors (Lipinski definition) is 6. The van der Waals surface area contributed by atoms with Crippen molar-refractivity contribution in [2.24, 2.45) is 5.73 Å². The van der Waals surface area contributed by atoms with Gasteiger partial charge in [0.25, 0.3) is 0 Å². The number of aliphatic hydroxyl groups is 3. The van der Waals surface area contributed by atoms with Crippen LogP contribution in [-0.4, -0.2) is 81.7 Å². The molecule has 0 aromatic heterocycles.